The summed E-state index contributed by atoms with van der Waals surface area (Å²) in [5.74, 6) is -1.18. The van der Waals surface area contributed by atoms with E-state index in [1.165, 1.54) is 10.4 Å². The Morgan fingerprint density at radius 1 is 0.939 bits per heavy atom. The summed E-state index contributed by atoms with van der Waals surface area (Å²) in [6, 6.07) is 18.5. The Morgan fingerprint density at radius 2 is 1.64 bits per heavy atom. The molecule has 0 spiro atoms. The van der Waals surface area contributed by atoms with Crippen molar-refractivity contribution in [3.05, 3.63) is 111 Å². The molecule has 1 aliphatic rings. The van der Waals surface area contributed by atoms with Gasteiger partial charge in [-0.25, -0.2) is 13.2 Å². The maximum absolute atomic E-state index is 14.1. The second kappa shape index (κ2) is 9.31. The number of rotatable bonds is 5. The van der Waals surface area contributed by atoms with E-state index in [1.807, 2.05) is 0 Å². The molecule has 1 aliphatic heterocycles. The average molecular weight is 502 g/mol. The number of carboxylic acid groups (broad SMARTS) is 1. The zero-order chi connectivity index (χ0) is 23.8. The van der Waals surface area contributed by atoms with Crippen molar-refractivity contribution in [2.45, 2.75) is 30.3 Å². The second-order valence-electron chi connectivity index (χ2n) is 7.83. The molecule has 33 heavy (non-hydrogen) atoms. The van der Waals surface area contributed by atoms with Gasteiger partial charge in [-0.2, -0.15) is 4.31 Å². The fraction of sp³-hybridized carbons (Fsp3) is 0.160. The van der Waals surface area contributed by atoms with E-state index in [9.17, 15) is 18.3 Å². The van der Waals surface area contributed by atoms with Gasteiger partial charge in [0.25, 0.3) is 0 Å². The summed E-state index contributed by atoms with van der Waals surface area (Å²) in [7, 11) is -4.12. The summed E-state index contributed by atoms with van der Waals surface area (Å²) in [4.78, 5) is 12.4. The predicted octanol–water partition coefficient (Wildman–Crippen LogP) is 6.19. The standard InChI is InChI=1S/C25H21Cl2NO4S/c1-16-5-2-3-8-23(16)33(31,32)28-22(17-9-11-19(26)12-10-17)14-13-21(25(29)30)24(28)18-6-4-7-20(27)15-18/h2-13,15,22,24H,14H2,1H3,(H,29,30)/t22-,24-/m0/s1. The number of aryl methyl sites for hydroxylation is 1. The minimum absolute atomic E-state index is 0.0142. The van der Waals surface area contributed by atoms with Gasteiger partial charge < -0.3 is 5.11 Å². The van der Waals surface area contributed by atoms with Gasteiger partial charge in [0.05, 0.1) is 22.6 Å². The second-order valence-corrected chi connectivity index (χ2v) is 10.5. The van der Waals surface area contributed by atoms with Gasteiger partial charge in [0.15, 0.2) is 0 Å². The van der Waals surface area contributed by atoms with Crippen molar-refractivity contribution in [3.8, 4) is 0 Å². The molecule has 5 nitrogen and oxygen atoms in total. The molecule has 8 heteroatoms. The van der Waals surface area contributed by atoms with Crippen molar-refractivity contribution in [2.24, 2.45) is 0 Å². The first-order chi connectivity index (χ1) is 15.7. The molecular formula is C25H21Cl2NO4S. The highest BCUT2D eigenvalue weighted by Gasteiger charge is 2.44. The van der Waals surface area contributed by atoms with Gasteiger partial charge in [-0.05, 0) is 60.4 Å². The van der Waals surface area contributed by atoms with Gasteiger partial charge in [0.2, 0.25) is 10.0 Å². The summed E-state index contributed by atoms with van der Waals surface area (Å²) in [6.07, 6.45) is 1.79. The van der Waals surface area contributed by atoms with E-state index < -0.39 is 28.1 Å². The summed E-state index contributed by atoms with van der Waals surface area (Å²) in [5.41, 5.74) is 1.75. The molecule has 0 fully saturated rings. The Bertz CT molecular complexity index is 1340. The van der Waals surface area contributed by atoms with E-state index >= 15 is 0 Å². The zero-order valence-corrected chi connectivity index (χ0v) is 20.0. The van der Waals surface area contributed by atoms with E-state index in [4.69, 9.17) is 23.2 Å². The van der Waals surface area contributed by atoms with Crippen LogP contribution >= 0.6 is 23.2 Å². The summed E-state index contributed by atoms with van der Waals surface area (Å²) >= 11 is 12.3. The van der Waals surface area contributed by atoms with Crippen molar-refractivity contribution in [1.29, 1.82) is 0 Å². The number of nitrogens with zero attached hydrogens (tertiary/aromatic N) is 1. The van der Waals surface area contributed by atoms with Gasteiger partial charge in [0.1, 0.15) is 0 Å². The molecule has 0 amide bonds. The Morgan fingerprint density at radius 3 is 2.27 bits per heavy atom. The Kier molecular flexibility index (Phi) is 6.64. The van der Waals surface area contributed by atoms with Crippen molar-refractivity contribution in [3.63, 3.8) is 0 Å². The molecule has 170 valence electrons. The van der Waals surface area contributed by atoms with E-state index in [2.05, 4.69) is 0 Å². The van der Waals surface area contributed by atoms with E-state index in [0.717, 1.165) is 0 Å². The minimum Gasteiger partial charge on any atom is -0.478 e. The zero-order valence-electron chi connectivity index (χ0n) is 17.7. The first-order valence-corrected chi connectivity index (χ1v) is 12.4. The van der Waals surface area contributed by atoms with Crippen molar-refractivity contribution < 1.29 is 18.3 Å². The first kappa shape index (κ1) is 23.5. The summed E-state index contributed by atoms with van der Waals surface area (Å²) in [5, 5.41) is 10.9. The SMILES string of the molecule is Cc1ccccc1S(=O)(=O)N1[C@@H](c2cccc(Cl)c2)C(C(=O)O)=CC[C@H]1c1ccc(Cl)cc1. The lowest BCUT2D eigenvalue weighted by atomic mass is 9.89. The van der Waals surface area contributed by atoms with Gasteiger partial charge in [0, 0.05) is 10.0 Å². The van der Waals surface area contributed by atoms with Crippen LogP contribution in [0.5, 0.6) is 0 Å². The Labute approximate surface area is 202 Å². The molecule has 0 unspecified atom stereocenters. The highest BCUT2D eigenvalue weighted by molar-refractivity contribution is 7.89. The van der Waals surface area contributed by atoms with Gasteiger partial charge in [-0.1, -0.05) is 71.7 Å². The third-order valence-electron chi connectivity index (χ3n) is 5.73. The molecule has 2 atom stereocenters. The maximum Gasteiger partial charge on any atom is 0.333 e. The van der Waals surface area contributed by atoms with Crippen molar-refractivity contribution in [1.82, 2.24) is 4.31 Å². The monoisotopic (exact) mass is 501 g/mol. The van der Waals surface area contributed by atoms with Crippen LogP contribution in [0.25, 0.3) is 0 Å². The number of carbonyl (C=O) groups is 1. The molecule has 0 bridgehead atoms. The van der Waals surface area contributed by atoms with Crippen LogP contribution in [0.2, 0.25) is 10.0 Å². The number of carboxylic acids is 1. The number of halogens is 2. The van der Waals surface area contributed by atoms with Gasteiger partial charge in [-0.3, -0.25) is 0 Å². The minimum atomic E-state index is -4.12. The summed E-state index contributed by atoms with van der Waals surface area (Å²) < 4.78 is 29.6. The Hall–Kier alpha value is -2.64. The molecular weight excluding hydrogens is 481 g/mol. The first-order valence-electron chi connectivity index (χ1n) is 10.2. The van der Waals surface area contributed by atoms with Gasteiger partial charge >= 0.3 is 5.97 Å². The average Bonchev–Trinajstić information content (AvgIpc) is 2.78. The van der Waals surface area contributed by atoms with Crippen LogP contribution in [0.4, 0.5) is 0 Å². The number of hydrogen-bond donors (Lipinski definition) is 1. The van der Waals surface area contributed by atoms with Gasteiger partial charge in [-0.15, -0.1) is 0 Å². The van der Waals surface area contributed by atoms with Crippen LogP contribution < -0.4 is 0 Å². The highest BCUT2D eigenvalue weighted by atomic mass is 35.5. The normalized spacial score (nSPS) is 19.2. The molecule has 0 saturated carbocycles. The molecule has 4 rings (SSSR count). The number of benzene rings is 3. The summed E-state index contributed by atoms with van der Waals surface area (Å²) in [6.45, 7) is 1.72. The predicted molar refractivity (Wildman–Crippen MR) is 129 cm³/mol. The lowest BCUT2D eigenvalue weighted by molar-refractivity contribution is -0.133. The highest BCUT2D eigenvalue weighted by Crippen LogP contribution is 2.46. The van der Waals surface area contributed by atoms with E-state index in [0.29, 0.717) is 26.7 Å². The third kappa shape index (κ3) is 4.57. The third-order valence-corrected chi connectivity index (χ3v) is 8.25. The fourth-order valence-electron chi connectivity index (χ4n) is 4.21. The van der Waals surface area contributed by atoms with E-state index in [-0.39, 0.29) is 16.9 Å². The van der Waals surface area contributed by atoms with Crippen molar-refractivity contribution >= 4 is 39.2 Å². The van der Waals surface area contributed by atoms with Crippen LogP contribution in [-0.2, 0) is 14.8 Å². The topological polar surface area (TPSA) is 74.7 Å². The molecule has 0 saturated heterocycles. The largest absolute Gasteiger partial charge is 0.478 e. The number of aliphatic carboxylic acids is 1. The fourth-order valence-corrected chi connectivity index (χ4v) is 6.55. The lowest BCUT2D eigenvalue weighted by Gasteiger charge is -2.41. The molecule has 0 radical (unpaired) electrons. The number of sulfonamides is 1. The molecule has 1 N–H and O–H groups in total. The molecule has 1 heterocycles. The van der Waals surface area contributed by atoms with Crippen LogP contribution in [0, 0.1) is 6.92 Å². The molecule has 3 aromatic carbocycles. The Balaban J connectivity index is 2.00. The molecule has 3 aromatic rings. The van der Waals surface area contributed by atoms with Crippen molar-refractivity contribution in [2.75, 3.05) is 0 Å². The molecule has 0 aliphatic carbocycles. The quantitative estimate of drug-likeness (QED) is 0.452. The number of hydrogen-bond acceptors (Lipinski definition) is 3. The maximum atomic E-state index is 14.1. The van der Waals surface area contributed by atoms with Crippen LogP contribution in [0.1, 0.15) is 35.2 Å². The lowest BCUT2D eigenvalue weighted by Crippen LogP contribution is -2.42. The van der Waals surface area contributed by atoms with Crippen LogP contribution in [0.3, 0.4) is 0 Å². The van der Waals surface area contributed by atoms with E-state index in [1.54, 1.807) is 79.7 Å². The molecule has 0 aromatic heterocycles. The smallest absolute Gasteiger partial charge is 0.333 e. The van der Waals surface area contributed by atoms with Crippen LogP contribution in [-0.4, -0.2) is 23.8 Å². The van der Waals surface area contributed by atoms with Crippen LogP contribution in [0.15, 0.2) is 89.3 Å².